The van der Waals surface area contributed by atoms with Crippen molar-refractivity contribution in [3.63, 3.8) is 0 Å². The molecule has 0 N–H and O–H groups in total. The van der Waals surface area contributed by atoms with E-state index in [9.17, 15) is 9.59 Å². The molecule has 0 unspecified atom stereocenters. The van der Waals surface area contributed by atoms with Gasteiger partial charge in [-0.1, -0.05) is 26.0 Å². The SMILES string of the molecule is C=C(C)CN(CC)C(=O)[C@@H]1CCCN(C(=O)C(C)C)C1. The quantitative estimate of drug-likeness (QED) is 0.725. The van der Waals surface area contributed by atoms with Crippen LogP contribution in [-0.2, 0) is 9.59 Å². The van der Waals surface area contributed by atoms with Crippen LogP contribution in [-0.4, -0.2) is 47.8 Å². The number of piperidine rings is 1. The van der Waals surface area contributed by atoms with Crippen molar-refractivity contribution in [3.8, 4) is 0 Å². The molecule has 20 heavy (non-hydrogen) atoms. The first-order valence-corrected chi connectivity index (χ1v) is 7.58. The monoisotopic (exact) mass is 280 g/mol. The Balaban J connectivity index is 2.68. The Labute approximate surface area is 122 Å². The Kier molecular flexibility index (Phi) is 6.24. The standard InChI is InChI=1S/C16H28N2O2/c1-6-17(10-12(2)3)16(20)14-8-7-9-18(11-14)15(19)13(4)5/h13-14H,2,6-11H2,1,3-5H3/t14-/m1/s1. The topological polar surface area (TPSA) is 40.6 Å². The van der Waals surface area contributed by atoms with Gasteiger partial charge >= 0.3 is 0 Å². The van der Waals surface area contributed by atoms with Crippen molar-refractivity contribution >= 4 is 11.8 Å². The molecule has 4 heteroatoms. The first-order valence-electron chi connectivity index (χ1n) is 7.58. The lowest BCUT2D eigenvalue weighted by Gasteiger charge is -2.35. The fourth-order valence-corrected chi connectivity index (χ4v) is 2.67. The summed E-state index contributed by atoms with van der Waals surface area (Å²) in [4.78, 5) is 28.3. The number of hydrogen-bond donors (Lipinski definition) is 0. The zero-order valence-electron chi connectivity index (χ0n) is 13.3. The van der Waals surface area contributed by atoms with Gasteiger partial charge < -0.3 is 9.80 Å². The van der Waals surface area contributed by atoms with Crippen molar-refractivity contribution in [1.29, 1.82) is 0 Å². The molecule has 1 heterocycles. The molecule has 1 saturated heterocycles. The highest BCUT2D eigenvalue weighted by Gasteiger charge is 2.31. The molecule has 0 radical (unpaired) electrons. The summed E-state index contributed by atoms with van der Waals surface area (Å²) in [7, 11) is 0. The summed E-state index contributed by atoms with van der Waals surface area (Å²) in [6, 6.07) is 0. The number of carbonyl (C=O) groups excluding carboxylic acids is 2. The molecule has 1 fully saturated rings. The van der Waals surface area contributed by atoms with Crippen molar-refractivity contribution in [2.24, 2.45) is 11.8 Å². The molecule has 0 aliphatic carbocycles. The molecule has 0 aromatic carbocycles. The second kappa shape index (κ2) is 7.46. The van der Waals surface area contributed by atoms with Gasteiger partial charge in [0, 0.05) is 32.1 Å². The van der Waals surface area contributed by atoms with Gasteiger partial charge in [-0.05, 0) is 26.7 Å². The average molecular weight is 280 g/mol. The van der Waals surface area contributed by atoms with Crippen molar-refractivity contribution in [2.75, 3.05) is 26.2 Å². The normalized spacial score (nSPS) is 19.1. The average Bonchev–Trinajstić information content (AvgIpc) is 2.42. The van der Waals surface area contributed by atoms with E-state index in [4.69, 9.17) is 0 Å². The van der Waals surface area contributed by atoms with Crippen LogP contribution < -0.4 is 0 Å². The number of amides is 2. The second-order valence-corrected chi connectivity index (χ2v) is 6.09. The van der Waals surface area contributed by atoms with Crippen LogP contribution in [0.25, 0.3) is 0 Å². The fourth-order valence-electron chi connectivity index (χ4n) is 2.67. The Morgan fingerprint density at radius 1 is 1.40 bits per heavy atom. The Bertz CT molecular complexity index is 377. The van der Waals surface area contributed by atoms with Crippen molar-refractivity contribution in [2.45, 2.75) is 40.5 Å². The summed E-state index contributed by atoms with van der Waals surface area (Å²) in [6.45, 7) is 14.3. The molecule has 0 bridgehead atoms. The molecule has 1 atom stereocenters. The minimum Gasteiger partial charge on any atom is -0.342 e. The maximum absolute atomic E-state index is 12.5. The van der Waals surface area contributed by atoms with E-state index in [2.05, 4.69) is 6.58 Å². The van der Waals surface area contributed by atoms with Crippen LogP contribution in [0.15, 0.2) is 12.2 Å². The summed E-state index contributed by atoms with van der Waals surface area (Å²) in [6.07, 6.45) is 1.80. The summed E-state index contributed by atoms with van der Waals surface area (Å²) in [5, 5.41) is 0. The Morgan fingerprint density at radius 2 is 2.05 bits per heavy atom. The van der Waals surface area contributed by atoms with Gasteiger partial charge in [0.05, 0.1) is 5.92 Å². The molecule has 0 aromatic heterocycles. The molecular weight excluding hydrogens is 252 g/mol. The summed E-state index contributed by atoms with van der Waals surface area (Å²) < 4.78 is 0. The third-order valence-corrected chi connectivity index (χ3v) is 3.73. The summed E-state index contributed by atoms with van der Waals surface area (Å²) >= 11 is 0. The van der Waals surface area contributed by atoms with E-state index >= 15 is 0 Å². The lowest BCUT2D eigenvalue weighted by molar-refractivity contribution is -0.142. The van der Waals surface area contributed by atoms with E-state index in [1.54, 1.807) is 0 Å². The maximum atomic E-state index is 12.5. The van der Waals surface area contributed by atoms with Gasteiger partial charge in [-0.15, -0.1) is 0 Å². The van der Waals surface area contributed by atoms with Crippen LogP contribution in [0, 0.1) is 11.8 Å². The lowest BCUT2D eigenvalue weighted by atomic mass is 9.95. The van der Waals surface area contributed by atoms with E-state index in [1.807, 2.05) is 37.5 Å². The Morgan fingerprint density at radius 3 is 2.55 bits per heavy atom. The van der Waals surface area contributed by atoms with Gasteiger partial charge in [-0.25, -0.2) is 0 Å². The van der Waals surface area contributed by atoms with Crippen LogP contribution in [0.4, 0.5) is 0 Å². The van der Waals surface area contributed by atoms with Gasteiger partial charge in [0.25, 0.3) is 0 Å². The van der Waals surface area contributed by atoms with E-state index in [-0.39, 0.29) is 23.7 Å². The van der Waals surface area contributed by atoms with Crippen LogP contribution in [0.2, 0.25) is 0 Å². The lowest BCUT2D eigenvalue weighted by Crippen LogP contribution is -2.48. The molecule has 1 rings (SSSR count). The van der Waals surface area contributed by atoms with Gasteiger partial charge in [0.1, 0.15) is 0 Å². The molecule has 0 saturated carbocycles. The van der Waals surface area contributed by atoms with Gasteiger partial charge in [0.15, 0.2) is 0 Å². The summed E-state index contributed by atoms with van der Waals surface area (Å²) in [5.74, 6) is 0.273. The van der Waals surface area contributed by atoms with Crippen LogP contribution in [0.3, 0.4) is 0 Å². The van der Waals surface area contributed by atoms with Gasteiger partial charge in [-0.3, -0.25) is 9.59 Å². The molecular formula is C16H28N2O2. The van der Waals surface area contributed by atoms with Crippen molar-refractivity contribution < 1.29 is 9.59 Å². The molecule has 1 aliphatic rings. The van der Waals surface area contributed by atoms with Gasteiger partial charge in [0.2, 0.25) is 11.8 Å². The fraction of sp³-hybridized carbons (Fsp3) is 0.750. The Hall–Kier alpha value is -1.32. The highest BCUT2D eigenvalue weighted by Crippen LogP contribution is 2.20. The van der Waals surface area contributed by atoms with E-state index < -0.39 is 0 Å². The first kappa shape index (κ1) is 16.7. The number of nitrogens with zero attached hydrogens (tertiary/aromatic N) is 2. The van der Waals surface area contributed by atoms with Crippen LogP contribution in [0.5, 0.6) is 0 Å². The molecule has 2 amide bonds. The summed E-state index contributed by atoms with van der Waals surface area (Å²) in [5.41, 5.74) is 0.992. The maximum Gasteiger partial charge on any atom is 0.227 e. The van der Waals surface area contributed by atoms with Gasteiger partial charge in [-0.2, -0.15) is 0 Å². The molecule has 114 valence electrons. The number of carbonyl (C=O) groups is 2. The van der Waals surface area contributed by atoms with Crippen LogP contribution in [0.1, 0.15) is 40.5 Å². The molecule has 0 aromatic rings. The van der Waals surface area contributed by atoms with E-state index in [0.29, 0.717) is 19.6 Å². The third kappa shape index (κ3) is 4.36. The number of likely N-dealkylation sites (N-methyl/N-ethyl adjacent to an activating group) is 1. The molecule has 0 spiro atoms. The first-order chi connectivity index (χ1) is 9.36. The largest absolute Gasteiger partial charge is 0.342 e. The number of hydrogen-bond acceptors (Lipinski definition) is 2. The molecule has 4 nitrogen and oxygen atoms in total. The highest BCUT2D eigenvalue weighted by atomic mass is 16.2. The van der Waals surface area contributed by atoms with Crippen molar-refractivity contribution in [1.82, 2.24) is 9.80 Å². The number of rotatable bonds is 5. The van der Waals surface area contributed by atoms with Crippen molar-refractivity contribution in [3.05, 3.63) is 12.2 Å². The zero-order valence-corrected chi connectivity index (χ0v) is 13.3. The number of likely N-dealkylation sites (tertiary alicyclic amines) is 1. The third-order valence-electron chi connectivity index (χ3n) is 3.73. The second-order valence-electron chi connectivity index (χ2n) is 6.09. The minimum atomic E-state index is -0.0502. The predicted molar refractivity (Wildman–Crippen MR) is 81.2 cm³/mol. The predicted octanol–water partition coefficient (Wildman–Crippen LogP) is 2.31. The van der Waals surface area contributed by atoms with E-state index in [1.165, 1.54) is 0 Å². The smallest absolute Gasteiger partial charge is 0.227 e. The highest BCUT2D eigenvalue weighted by molar-refractivity contribution is 5.82. The minimum absolute atomic E-state index is 0.00144. The molecule has 1 aliphatic heterocycles. The van der Waals surface area contributed by atoms with Crippen LogP contribution >= 0.6 is 0 Å². The zero-order chi connectivity index (χ0) is 15.3. The van der Waals surface area contributed by atoms with E-state index in [0.717, 1.165) is 25.0 Å².